The monoisotopic (exact) mass is 194 g/mol. The molecule has 0 saturated carbocycles. The smallest absolute Gasteiger partial charge is 0.0377 e. The third-order valence-electron chi connectivity index (χ3n) is 3.41. The van der Waals surface area contributed by atoms with Crippen LogP contribution in [0.5, 0.6) is 0 Å². The maximum atomic E-state index is 4.22. The molecule has 0 aliphatic carbocycles. The van der Waals surface area contributed by atoms with Crippen LogP contribution in [-0.4, -0.2) is 42.5 Å². The maximum Gasteiger partial charge on any atom is 0.0377 e. The van der Waals surface area contributed by atoms with Crippen LogP contribution < -0.4 is 0 Å². The summed E-state index contributed by atoms with van der Waals surface area (Å²) in [6, 6.07) is 0. The van der Waals surface area contributed by atoms with Gasteiger partial charge in [0.15, 0.2) is 0 Å². The Bertz CT molecular complexity index is 188. The van der Waals surface area contributed by atoms with E-state index in [0.717, 1.165) is 6.54 Å². The van der Waals surface area contributed by atoms with Gasteiger partial charge in [-0.3, -0.25) is 4.90 Å². The average Bonchev–Trinajstić information content (AvgIpc) is 2.72. The van der Waals surface area contributed by atoms with Crippen molar-refractivity contribution in [1.29, 1.82) is 0 Å². The molecule has 2 saturated heterocycles. The summed E-state index contributed by atoms with van der Waals surface area (Å²) in [6.07, 6.45) is 6.91. The lowest BCUT2D eigenvalue weighted by Crippen LogP contribution is -2.35. The molecule has 2 rings (SSSR count). The van der Waals surface area contributed by atoms with Gasteiger partial charge in [0.05, 0.1) is 0 Å². The van der Waals surface area contributed by atoms with Gasteiger partial charge in [-0.2, -0.15) is 0 Å². The van der Waals surface area contributed by atoms with Gasteiger partial charge in [-0.15, -0.1) is 0 Å². The fourth-order valence-electron chi connectivity index (χ4n) is 2.51. The van der Waals surface area contributed by atoms with E-state index in [2.05, 4.69) is 16.4 Å². The van der Waals surface area contributed by atoms with Crippen LogP contribution in [0.25, 0.3) is 0 Å². The number of rotatable bonds is 3. The Morgan fingerprint density at radius 1 is 0.857 bits per heavy atom. The predicted octanol–water partition coefficient (Wildman–Crippen LogP) is 2.08. The van der Waals surface area contributed by atoms with Crippen LogP contribution >= 0.6 is 0 Å². The average molecular weight is 194 g/mol. The van der Waals surface area contributed by atoms with Crippen LogP contribution in [0.15, 0.2) is 12.3 Å². The first kappa shape index (κ1) is 10.0. The number of hydrogen-bond donors (Lipinski definition) is 0. The van der Waals surface area contributed by atoms with Crippen molar-refractivity contribution in [2.75, 3.05) is 32.7 Å². The predicted molar refractivity (Wildman–Crippen MR) is 60.2 cm³/mol. The minimum atomic E-state index is 1.11. The van der Waals surface area contributed by atoms with Crippen molar-refractivity contribution in [2.45, 2.75) is 32.1 Å². The van der Waals surface area contributed by atoms with Crippen LogP contribution in [0.3, 0.4) is 0 Å². The van der Waals surface area contributed by atoms with Crippen LogP contribution in [0.2, 0.25) is 0 Å². The molecule has 0 amide bonds. The molecule has 0 N–H and O–H groups in total. The molecule has 80 valence electrons. The van der Waals surface area contributed by atoms with Gasteiger partial charge >= 0.3 is 0 Å². The van der Waals surface area contributed by atoms with Crippen molar-refractivity contribution in [1.82, 2.24) is 9.80 Å². The highest BCUT2D eigenvalue weighted by Crippen LogP contribution is 2.16. The number of nitrogens with zero attached hydrogens (tertiary/aromatic N) is 2. The fourth-order valence-corrected chi connectivity index (χ4v) is 2.51. The summed E-state index contributed by atoms with van der Waals surface area (Å²) < 4.78 is 0. The van der Waals surface area contributed by atoms with E-state index >= 15 is 0 Å². The Morgan fingerprint density at radius 2 is 1.43 bits per heavy atom. The summed E-state index contributed by atoms with van der Waals surface area (Å²) in [4.78, 5) is 5.03. The zero-order valence-corrected chi connectivity index (χ0v) is 9.17. The van der Waals surface area contributed by atoms with Gasteiger partial charge in [-0.25, -0.2) is 0 Å². The van der Waals surface area contributed by atoms with E-state index in [1.807, 2.05) is 0 Å². The normalized spacial score (nSPS) is 24.1. The third-order valence-corrected chi connectivity index (χ3v) is 3.41. The van der Waals surface area contributed by atoms with Gasteiger partial charge < -0.3 is 4.90 Å². The van der Waals surface area contributed by atoms with Crippen molar-refractivity contribution in [3.63, 3.8) is 0 Å². The third kappa shape index (κ3) is 2.50. The molecule has 0 bridgehead atoms. The minimum absolute atomic E-state index is 1.11. The second-order valence-electron chi connectivity index (χ2n) is 4.60. The standard InChI is InChI=1S/C12H22N2/c1-12(14-9-5-6-10-14)11-13-7-3-2-4-8-13/h1-11H2. The highest BCUT2D eigenvalue weighted by atomic mass is 15.2. The number of piperidine rings is 1. The second kappa shape index (κ2) is 4.83. The summed E-state index contributed by atoms with van der Waals surface area (Å²) >= 11 is 0. The van der Waals surface area contributed by atoms with Crippen LogP contribution in [0.4, 0.5) is 0 Å². The molecule has 0 radical (unpaired) electrons. The first-order valence-corrected chi connectivity index (χ1v) is 6.01. The lowest BCUT2D eigenvalue weighted by atomic mass is 10.1. The highest BCUT2D eigenvalue weighted by molar-refractivity contribution is 4.99. The summed E-state index contributed by atoms with van der Waals surface area (Å²) in [5.41, 5.74) is 1.35. The quantitative estimate of drug-likeness (QED) is 0.678. The van der Waals surface area contributed by atoms with E-state index in [9.17, 15) is 0 Å². The van der Waals surface area contributed by atoms with Gasteiger partial charge in [-0.05, 0) is 38.8 Å². The molecule has 0 aromatic heterocycles. The van der Waals surface area contributed by atoms with Gasteiger partial charge in [-0.1, -0.05) is 13.0 Å². The molecule has 2 heterocycles. The molecule has 0 atom stereocenters. The van der Waals surface area contributed by atoms with E-state index in [1.165, 1.54) is 64.0 Å². The largest absolute Gasteiger partial charge is 0.374 e. The molecule has 14 heavy (non-hydrogen) atoms. The Balaban J connectivity index is 1.75. The molecule has 2 heteroatoms. The van der Waals surface area contributed by atoms with E-state index in [-0.39, 0.29) is 0 Å². The van der Waals surface area contributed by atoms with Gasteiger partial charge in [0.25, 0.3) is 0 Å². The summed E-state index contributed by atoms with van der Waals surface area (Å²) in [7, 11) is 0. The Kier molecular flexibility index (Phi) is 3.46. The molecule has 0 unspecified atom stereocenters. The van der Waals surface area contributed by atoms with Crippen LogP contribution in [-0.2, 0) is 0 Å². The van der Waals surface area contributed by atoms with Gasteiger partial charge in [0, 0.05) is 25.3 Å². The highest BCUT2D eigenvalue weighted by Gasteiger charge is 2.16. The molecule has 2 fully saturated rings. The molecular weight excluding hydrogens is 172 g/mol. The van der Waals surface area contributed by atoms with E-state index in [4.69, 9.17) is 0 Å². The van der Waals surface area contributed by atoms with E-state index in [1.54, 1.807) is 0 Å². The zero-order chi connectivity index (χ0) is 9.80. The van der Waals surface area contributed by atoms with Crippen molar-refractivity contribution < 1.29 is 0 Å². The SMILES string of the molecule is C=C(CN1CCCCC1)N1CCCC1. The fraction of sp³-hybridized carbons (Fsp3) is 0.833. The number of likely N-dealkylation sites (tertiary alicyclic amines) is 2. The van der Waals surface area contributed by atoms with E-state index < -0.39 is 0 Å². The zero-order valence-electron chi connectivity index (χ0n) is 9.17. The van der Waals surface area contributed by atoms with Crippen molar-refractivity contribution in [2.24, 2.45) is 0 Å². The molecular formula is C12H22N2. The van der Waals surface area contributed by atoms with Gasteiger partial charge in [0.2, 0.25) is 0 Å². The maximum absolute atomic E-state index is 4.22. The second-order valence-corrected chi connectivity index (χ2v) is 4.60. The first-order valence-electron chi connectivity index (χ1n) is 6.01. The summed E-state index contributed by atoms with van der Waals surface area (Å²) in [5.74, 6) is 0. The minimum Gasteiger partial charge on any atom is -0.374 e. The van der Waals surface area contributed by atoms with Crippen molar-refractivity contribution in [3.8, 4) is 0 Å². The lowest BCUT2D eigenvalue weighted by molar-refractivity contribution is 0.226. The molecule has 2 nitrogen and oxygen atoms in total. The molecule has 2 aliphatic rings. The summed E-state index contributed by atoms with van der Waals surface area (Å²) in [6.45, 7) is 10.4. The number of hydrogen-bond acceptors (Lipinski definition) is 2. The molecule has 0 aromatic rings. The lowest BCUT2D eigenvalue weighted by Gasteiger charge is -2.30. The van der Waals surface area contributed by atoms with Crippen LogP contribution in [0.1, 0.15) is 32.1 Å². The van der Waals surface area contributed by atoms with Crippen LogP contribution in [0, 0.1) is 0 Å². The first-order chi connectivity index (χ1) is 6.86. The Labute approximate surface area is 87.6 Å². The summed E-state index contributed by atoms with van der Waals surface area (Å²) in [5, 5.41) is 0. The van der Waals surface area contributed by atoms with E-state index in [0.29, 0.717) is 0 Å². The Hall–Kier alpha value is -0.500. The van der Waals surface area contributed by atoms with Crippen molar-refractivity contribution in [3.05, 3.63) is 12.3 Å². The molecule has 0 spiro atoms. The Morgan fingerprint density at radius 3 is 2.07 bits per heavy atom. The topological polar surface area (TPSA) is 6.48 Å². The van der Waals surface area contributed by atoms with Gasteiger partial charge in [0.1, 0.15) is 0 Å². The molecule has 0 aromatic carbocycles. The molecule has 2 aliphatic heterocycles. The van der Waals surface area contributed by atoms with Crippen molar-refractivity contribution >= 4 is 0 Å².